The molecule has 0 atom stereocenters. The molecule has 0 radical (unpaired) electrons. The Morgan fingerprint density at radius 3 is 2.19 bits per heavy atom. The second kappa shape index (κ2) is 11.2. The summed E-state index contributed by atoms with van der Waals surface area (Å²) in [5, 5.41) is 0. The van der Waals surface area contributed by atoms with Crippen LogP contribution in [0.4, 0.5) is 10.1 Å². The number of methoxy groups -OCH3 is 1. The third-order valence-electron chi connectivity index (χ3n) is 6.45. The molecule has 11 heteroatoms. The van der Waals surface area contributed by atoms with Gasteiger partial charge in [-0.2, -0.15) is 4.31 Å². The van der Waals surface area contributed by atoms with Crippen molar-refractivity contribution in [2.45, 2.75) is 16.2 Å². The Morgan fingerprint density at radius 1 is 0.892 bits per heavy atom. The van der Waals surface area contributed by atoms with E-state index in [9.17, 15) is 21.2 Å². The Hall–Kier alpha value is -2.99. The molecule has 0 aromatic heterocycles. The normalized spacial score (nSPS) is 15.2. The van der Waals surface area contributed by atoms with Gasteiger partial charge in [0, 0.05) is 39.8 Å². The molecule has 0 bridgehead atoms. The maximum Gasteiger partial charge on any atom is 0.246 e. The van der Waals surface area contributed by atoms with E-state index in [2.05, 4.69) is 0 Å². The summed E-state index contributed by atoms with van der Waals surface area (Å²) in [5.74, 6) is -0.308. The van der Waals surface area contributed by atoms with Gasteiger partial charge in [0.2, 0.25) is 20.0 Å². The van der Waals surface area contributed by atoms with Crippen LogP contribution in [0.2, 0.25) is 0 Å². The van der Waals surface area contributed by atoms with Gasteiger partial charge in [-0.1, -0.05) is 42.5 Å². The van der Waals surface area contributed by atoms with Crippen LogP contribution in [0.25, 0.3) is 0 Å². The Labute approximate surface area is 218 Å². The van der Waals surface area contributed by atoms with Gasteiger partial charge in [-0.3, -0.25) is 0 Å². The number of nitrogens with zero attached hydrogens (tertiary/aromatic N) is 3. The number of benzene rings is 3. The Kier molecular flexibility index (Phi) is 8.17. The second-order valence-electron chi connectivity index (χ2n) is 8.72. The van der Waals surface area contributed by atoms with Crippen LogP contribution in [0, 0.1) is 5.82 Å². The van der Waals surface area contributed by atoms with Crippen LogP contribution in [0.5, 0.6) is 5.75 Å². The molecule has 1 aliphatic rings. The molecule has 3 aromatic carbocycles. The first-order valence-electron chi connectivity index (χ1n) is 11.8. The van der Waals surface area contributed by atoms with Gasteiger partial charge in [0.25, 0.3) is 0 Å². The lowest BCUT2D eigenvalue weighted by Gasteiger charge is -2.36. The molecule has 0 aliphatic carbocycles. The zero-order chi connectivity index (χ0) is 26.6. The van der Waals surface area contributed by atoms with E-state index >= 15 is 0 Å². The van der Waals surface area contributed by atoms with Crippen LogP contribution < -0.4 is 9.64 Å². The van der Waals surface area contributed by atoms with E-state index < -0.39 is 25.9 Å². The molecule has 0 amide bonds. The molecule has 4 rings (SSSR count). The summed E-state index contributed by atoms with van der Waals surface area (Å²) >= 11 is 0. The average molecular weight is 548 g/mol. The first-order valence-corrected chi connectivity index (χ1v) is 14.7. The summed E-state index contributed by atoms with van der Waals surface area (Å²) < 4.78 is 74.7. The van der Waals surface area contributed by atoms with Crippen molar-refractivity contribution in [2.24, 2.45) is 0 Å². The lowest BCUT2D eigenvalue weighted by molar-refractivity contribution is 0.376. The molecule has 3 aromatic rings. The van der Waals surface area contributed by atoms with Crippen molar-refractivity contribution in [1.82, 2.24) is 8.61 Å². The first-order chi connectivity index (χ1) is 17.6. The van der Waals surface area contributed by atoms with E-state index in [1.165, 1.54) is 40.0 Å². The smallest absolute Gasteiger partial charge is 0.246 e. The van der Waals surface area contributed by atoms with Crippen LogP contribution in [-0.2, 0) is 26.5 Å². The Balaban J connectivity index is 1.51. The number of likely N-dealkylation sites (N-methyl/N-ethyl adjacent to an activating group) is 1. The first kappa shape index (κ1) is 27.1. The zero-order valence-corrected chi connectivity index (χ0v) is 22.4. The fourth-order valence-electron chi connectivity index (χ4n) is 4.27. The third-order valence-corrected chi connectivity index (χ3v) is 10.2. The minimum Gasteiger partial charge on any atom is -0.495 e. The maximum absolute atomic E-state index is 14.2. The second-order valence-corrected chi connectivity index (χ2v) is 12.7. The van der Waals surface area contributed by atoms with Crippen LogP contribution in [0.3, 0.4) is 0 Å². The topological polar surface area (TPSA) is 87.2 Å². The molecule has 0 unspecified atom stereocenters. The minimum atomic E-state index is -3.99. The summed E-state index contributed by atoms with van der Waals surface area (Å²) in [6.07, 6.45) is 0.581. The highest BCUT2D eigenvalue weighted by atomic mass is 32.2. The molecule has 8 nitrogen and oxygen atoms in total. The number of halogens is 1. The number of piperazine rings is 1. The van der Waals surface area contributed by atoms with E-state index in [-0.39, 0.29) is 36.0 Å². The van der Waals surface area contributed by atoms with Gasteiger partial charge in [-0.25, -0.2) is 25.5 Å². The Bertz CT molecular complexity index is 1440. The van der Waals surface area contributed by atoms with Gasteiger partial charge in [0.1, 0.15) is 16.5 Å². The molecule has 0 saturated carbocycles. The van der Waals surface area contributed by atoms with Crippen molar-refractivity contribution >= 4 is 25.7 Å². The summed E-state index contributed by atoms with van der Waals surface area (Å²) in [5.41, 5.74) is 1.60. The monoisotopic (exact) mass is 547 g/mol. The lowest BCUT2D eigenvalue weighted by Crippen LogP contribution is -2.49. The van der Waals surface area contributed by atoms with Crippen molar-refractivity contribution < 1.29 is 26.0 Å². The Morgan fingerprint density at radius 2 is 1.54 bits per heavy atom. The van der Waals surface area contributed by atoms with Crippen molar-refractivity contribution in [3.05, 3.63) is 84.2 Å². The van der Waals surface area contributed by atoms with Gasteiger partial charge < -0.3 is 9.64 Å². The number of rotatable bonds is 9. The SMILES string of the molecule is COc1ccc(S(=O)(=O)N(C)CCc2ccccc2)cc1N1CCN(S(=O)(=O)c2ccccc2F)CC1. The van der Waals surface area contributed by atoms with E-state index in [0.717, 1.165) is 11.6 Å². The highest BCUT2D eigenvalue weighted by molar-refractivity contribution is 7.89. The van der Waals surface area contributed by atoms with Crippen molar-refractivity contribution in [2.75, 3.05) is 51.8 Å². The van der Waals surface area contributed by atoms with Crippen molar-refractivity contribution in [3.8, 4) is 5.75 Å². The van der Waals surface area contributed by atoms with Crippen molar-refractivity contribution in [1.29, 1.82) is 0 Å². The van der Waals surface area contributed by atoms with Crippen LogP contribution in [-0.4, -0.2) is 72.3 Å². The molecular weight excluding hydrogens is 517 g/mol. The molecular formula is C26H30FN3O5S2. The number of hydrogen-bond donors (Lipinski definition) is 0. The van der Waals surface area contributed by atoms with Gasteiger partial charge in [0.15, 0.2) is 0 Å². The van der Waals surface area contributed by atoms with Crippen LogP contribution >= 0.6 is 0 Å². The van der Waals surface area contributed by atoms with Crippen molar-refractivity contribution in [3.63, 3.8) is 0 Å². The van der Waals surface area contributed by atoms with E-state index in [1.54, 1.807) is 19.2 Å². The molecule has 0 N–H and O–H groups in total. The summed E-state index contributed by atoms with van der Waals surface area (Å²) in [6.45, 7) is 1.14. The largest absolute Gasteiger partial charge is 0.495 e. The molecule has 37 heavy (non-hydrogen) atoms. The predicted octanol–water partition coefficient (Wildman–Crippen LogP) is 3.21. The number of anilines is 1. The zero-order valence-electron chi connectivity index (χ0n) is 20.7. The highest BCUT2D eigenvalue weighted by Gasteiger charge is 2.32. The lowest BCUT2D eigenvalue weighted by atomic mass is 10.2. The molecule has 1 heterocycles. The van der Waals surface area contributed by atoms with Gasteiger partial charge in [-0.15, -0.1) is 0 Å². The fraction of sp³-hybridized carbons (Fsp3) is 0.308. The molecule has 198 valence electrons. The van der Waals surface area contributed by atoms with Crippen LogP contribution in [0.15, 0.2) is 82.6 Å². The third kappa shape index (κ3) is 5.80. The van der Waals surface area contributed by atoms with Gasteiger partial charge in [-0.05, 0) is 42.3 Å². The molecule has 0 spiro atoms. The number of hydrogen-bond acceptors (Lipinski definition) is 6. The highest BCUT2D eigenvalue weighted by Crippen LogP contribution is 2.33. The van der Waals surface area contributed by atoms with E-state index in [0.29, 0.717) is 24.4 Å². The molecule has 1 saturated heterocycles. The number of sulfonamides is 2. The van der Waals surface area contributed by atoms with Crippen LogP contribution in [0.1, 0.15) is 5.56 Å². The average Bonchev–Trinajstić information content (AvgIpc) is 2.92. The van der Waals surface area contributed by atoms with Gasteiger partial charge >= 0.3 is 0 Å². The quantitative estimate of drug-likeness (QED) is 0.409. The number of ether oxygens (including phenoxy) is 1. The summed E-state index contributed by atoms with van der Waals surface area (Å²) in [6, 6.07) is 19.6. The minimum absolute atomic E-state index is 0.119. The molecule has 1 aliphatic heterocycles. The van der Waals surface area contributed by atoms with E-state index in [1.807, 2.05) is 35.2 Å². The van der Waals surface area contributed by atoms with Gasteiger partial charge in [0.05, 0.1) is 17.7 Å². The standard InChI is InChI=1S/C26H30FN3O5S2/c1-28(15-14-21-8-4-3-5-9-21)36(31,32)22-12-13-25(35-2)24(20-22)29-16-18-30(19-17-29)37(33,34)26-11-7-6-10-23(26)27/h3-13,20H,14-19H2,1-2H3. The summed E-state index contributed by atoms with van der Waals surface area (Å²) in [7, 11) is -4.71. The van der Waals surface area contributed by atoms with E-state index in [4.69, 9.17) is 4.74 Å². The predicted molar refractivity (Wildman–Crippen MR) is 140 cm³/mol. The maximum atomic E-state index is 14.2. The fourth-order valence-corrected chi connectivity index (χ4v) is 6.95. The summed E-state index contributed by atoms with van der Waals surface area (Å²) in [4.78, 5) is 1.66. The molecule has 1 fully saturated rings.